The second kappa shape index (κ2) is 5.75. The molecule has 0 aromatic heterocycles. The van der Waals surface area contributed by atoms with Crippen LogP contribution in [0.4, 0.5) is 0 Å². The second-order valence-electron chi connectivity index (χ2n) is 4.11. The number of carbonyl (C=O) groups is 2. The van der Waals surface area contributed by atoms with Gasteiger partial charge in [0.05, 0.1) is 5.02 Å². The summed E-state index contributed by atoms with van der Waals surface area (Å²) in [5.74, 6) is -0.419. The number of hydrogen-bond acceptors (Lipinski definition) is 4. The van der Waals surface area contributed by atoms with Gasteiger partial charge in [0.25, 0.3) is 0 Å². The maximum absolute atomic E-state index is 12.2. The van der Waals surface area contributed by atoms with Gasteiger partial charge in [-0.05, 0) is 42.5 Å². The smallest absolute Gasteiger partial charge is 0.308 e. The average molecular weight is 291 g/mol. The van der Waals surface area contributed by atoms with Gasteiger partial charge in [-0.25, -0.2) is 0 Å². The molecule has 20 heavy (non-hydrogen) atoms. The van der Waals surface area contributed by atoms with Crippen molar-refractivity contribution in [1.29, 1.82) is 0 Å². The van der Waals surface area contributed by atoms with Crippen LogP contribution < -0.4 is 4.74 Å². The molecule has 0 aliphatic rings. The van der Waals surface area contributed by atoms with Crippen LogP contribution in [-0.2, 0) is 4.79 Å². The van der Waals surface area contributed by atoms with Gasteiger partial charge in [-0.3, -0.25) is 9.59 Å². The molecule has 0 radical (unpaired) electrons. The Bertz CT molecular complexity index is 662. The van der Waals surface area contributed by atoms with Crippen molar-refractivity contribution < 1.29 is 19.4 Å². The highest BCUT2D eigenvalue weighted by molar-refractivity contribution is 6.32. The molecule has 2 aromatic carbocycles. The molecule has 5 heteroatoms. The van der Waals surface area contributed by atoms with E-state index in [1.54, 1.807) is 0 Å². The summed E-state index contributed by atoms with van der Waals surface area (Å²) >= 11 is 5.96. The summed E-state index contributed by atoms with van der Waals surface area (Å²) in [5.41, 5.74) is 0.802. The van der Waals surface area contributed by atoms with Crippen molar-refractivity contribution in [3.63, 3.8) is 0 Å². The standard InChI is InChI=1S/C15H11ClO4/c1-9(17)20-14-7-4-11(8-13(14)16)15(19)10-2-5-12(18)6-3-10/h2-8,18H,1H3. The molecule has 0 fully saturated rings. The molecule has 0 unspecified atom stereocenters. The van der Waals surface area contributed by atoms with Gasteiger partial charge in [-0.2, -0.15) is 0 Å². The highest BCUT2D eigenvalue weighted by atomic mass is 35.5. The van der Waals surface area contributed by atoms with Crippen molar-refractivity contribution in [1.82, 2.24) is 0 Å². The zero-order valence-corrected chi connectivity index (χ0v) is 11.3. The summed E-state index contributed by atoms with van der Waals surface area (Å²) in [6.07, 6.45) is 0. The van der Waals surface area contributed by atoms with Crippen LogP contribution in [0.5, 0.6) is 11.5 Å². The summed E-state index contributed by atoms with van der Waals surface area (Å²) in [6.45, 7) is 1.27. The first kappa shape index (κ1) is 14.1. The molecule has 0 aliphatic carbocycles. The number of rotatable bonds is 3. The molecule has 0 atom stereocenters. The molecule has 0 saturated carbocycles. The lowest BCUT2D eigenvalue weighted by molar-refractivity contribution is -0.131. The van der Waals surface area contributed by atoms with Crippen molar-refractivity contribution >= 4 is 23.4 Å². The monoisotopic (exact) mass is 290 g/mol. The number of hydrogen-bond donors (Lipinski definition) is 1. The largest absolute Gasteiger partial charge is 0.508 e. The molecule has 0 amide bonds. The van der Waals surface area contributed by atoms with E-state index in [1.807, 2.05) is 0 Å². The number of benzene rings is 2. The highest BCUT2D eigenvalue weighted by Gasteiger charge is 2.12. The zero-order chi connectivity index (χ0) is 14.7. The predicted octanol–water partition coefficient (Wildman–Crippen LogP) is 3.20. The first-order valence-corrected chi connectivity index (χ1v) is 6.17. The average Bonchev–Trinajstić information content (AvgIpc) is 2.41. The highest BCUT2D eigenvalue weighted by Crippen LogP contribution is 2.27. The summed E-state index contributed by atoms with van der Waals surface area (Å²) in [5, 5.41) is 9.38. The topological polar surface area (TPSA) is 63.6 Å². The number of ketones is 1. The third-order valence-corrected chi connectivity index (χ3v) is 2.87. The Morgan fingerprint density at radius 2 is 1.65 bits per heavy atom. The van der Waals surface area contributed by atoms with Gasteiger partial charge in [0.15, 0.2) is 5.78 Å². The molecule has 4 nitrogen and oxygen atoms in total. The van der Waals surface area contributed by atoms with E-state index < -0.39 is 5.97 Å². The number of esters is 1. The third kappa shape index (κ3) is 3.16. The number of phenolic OH excluding ortho intramolecular Hbond substituents is 1. The fourth-order valence-electron chi connectivity index (χ4n) is 1.66. The van der Waals surface area contributed by atoms with Crippen LogP contribution in [-0.4, -0.2) is 16.9 Å². The lowest BCUT2D eigenvalue weighted by Crippen LogP contribution is -2.04. The van der Waals surface area contributed by atoms with E-state index in [9.17, 15) is 14.7 Å². The van der Waals surface area contributed by atoms with Gasteiger partial charge in [0.2, 0.25) is 0 Å². The molecule has 0 bridgehead atoms. The van der Waals surface area contributed by atoms with E-state index >= 15 is 0 Å². The molecular formula is C15H11ClO4. The van der Waals surface area contributed by atoms with Crippen molar-refractivity contribution in [2.45, 2.75) is 6.92 Å². The Balaban J connectivity index is 2.29. The fraction of sp³-hybridized carbons (Fsp3) is 0.0667. The molecule has 0 spiro atoms. The Kier molecular flexibility index (Phi) is 4.05. The predicted molar refractivity (Wildman–Crippen MR) is 74.3 cm³/mol. The Morgan fingerprint density at radius 1 is 1.05 bits per heavy atom. The molecule has 0 aliphatic heterocycles. The number of ether oxygens (including phenoxy) is 1. The van der Waals surface area contributed by atoms with Crippen LogP contribution in [0.15, 0.2) is 42.5 Å². The lowest BCUT2D eigenvalue weighted by Gasteiger charge is -2.06. The van der Waals surface area contributed by atoms with Gasteiger partial charge in [-0.15, -0.1) is 0 Å². The van der Waals surface area contributed by atoms with Crippen LogP contribution in [0.25, 0.3) is 0 Å². The summed E-state index contributed by atoms with van der Waals surface area (Å²) < 4.78 is 4.89. The van der Waals surface area contributed by atoms with E-state index in [4.69, 9.17) is 16.3 Å². The van der Waals surface area contributed by atoms with E-state index in [2.05, 4.69) is 0 Å². The minimum Gasteiger partial charge on any atom is -0.508 e. The second-order valence-corrected chi connectivity index (χ2v) is 4.52. The molecule has 102 valence electrons. The van der Waals surface area contributed by atoms with Crippen LogP contribution in [0, 0.1) is 0 Å². The minimum atomic E-state index is -0.482. The van der Waals surface area contributed by atoms with Gasteiger partial charge in [0, 0.05) is 18.1 Å². The normalized spacial score (nSPS) is 10.1. The van der Waals surface area contributed by atoms with Crippen LogP contribution in [0.2, 0.25) is 5.02 Å². The summed E-state index contributed by atoms with van der Waals surface area (Å²) in [4.78, 5) is 23.1. The maximum Gasteiger partial charge on any atom is 0.308 e. The van der Waals surface area contributed by atoms with Crippen molar-refractivity contribution in [3.8, 4) is 11.5 Å². The quantitative estimate of drug-likeness (QED) is 0.535. The van der Waals surface area contributed by atoms with Crippen molar-refractivity contribution in [3.05, 3.63) is 58.6 Å². The molecule has 1 N–H and O–H groups in total. The first-order valence-electron chi connectivity index (χ1n) is 5.79. The number of halogens is 1. The van der Waals surface area contributed by atoms with Crippen LogP contribution >= 0.6 is 11.6 Å². The van der Waals surface area contributed by atoms with E-state index in [0.29, 0.717) is 11.1 Å². The molecule has 2 aromatic rings. The zero-order valence-electron chi connectivity index (χ0n) is 10.6. The van der Waals surface area contributed by atoms with Gasteiger partial charge in [0.1, 0.15) is 11.5 Å². The number of aromatic hydroxyl groups is 1. The maximum atomic E-state index is 12.2. The van der Waals surface area contributed by atoms with Crippen LogP contribution in [0.1, 0.15) is 22.8 Å². The Labute approximate surface area is 120 Å². The minimum absolute atomic E-state index is 0.0878. The molecule has 0 heterocycles. The molecular weight excluding hydrogens is 280 g/mol. The summed E-state index contributed by atoms with van der Waals surface area (Å²) in [7, 11) is 0. The summed E-state index contributed by atoms with van der Waals surface area (Å²) in [6, 6.07) is 10.3. The van der Waals surface area contributed by atoms with E-state index in [0.717, 1.165) is 0 Å². The number of carbonyl (C=O) groups excluding carboxylic acids is 2. The first-order chi connectivity index (χ1) is 9.47. The van der Waals surface area contributed by atoms with Crippen LogP contribution in [0.3, 0.4) is 0 Å². The van der Waals surface area contributed by atoms with Crippen molar-refractivity contribution in [2.24, 2.45) is 0 Å². The van der Waals surface area contributed by atoms with Crippen molar-refractivity contribution in [2.75, 3.05) is 0 Å². The molecule has 0 saturated heterocycles. The molecule has 2 rings (SSSR count). The van der Waals surface area contributed by atoms with E-state index in [1.165, 1.54) is 49.4 Å². The number of phenols is 1. The van der Waals surface area contributed by atoms with E-state index in [-0.39, 0.29) is 22.3 Å². The van der Waals surface area contributed by atoms with Gasteiger partial charge >= 0.3 is 5.97 Å². The SMILES string of the molecule is CC(=O)Oc1ccc(C(=O)c2ccc(O)cc2)cc1Cl. The van der Waals surface area contributed by atoms with Gasteiger partial charge < -0.3 is 9.84 Å². The Hall–Kier alpha value is -2.33. The Morgan fingerprint density at radius 3 is 2.20 bits per heavy atom. The van der Waals surface area contributed by atoms with Gasteiger partial charge in [-0.1, -0.05) is 11.6 Å². The fourth-order valence-corrected chi connectivity index (χ4v) is 1.88. The third-order valence-electron chi connectivity index (χ3n) is 2.58. The lowest BCUT2D eigenvalue weighted by atomic mass is 10.0.